The molecule has 0 fully saturated rings. The molecule has 3 aromatic rings. The van der Waals surface area contributed by atoms with Crippen LogP contribution in [0.15, 0.2) is 47.7 Å². The maximum atomic E-state index is 13.6. The fraction of sp³-hybridized carbons (Fsp3) is 0.333. The van der Waals surface area contributed by atoms with Crippen LogP contribution >= 0.6 is 0 Å². The molecule has 2 aromatic carbocycles. The Hall–Kier alpha value is -4.08. The van der Waals surface area contributed by atoms with Crippen LogP contribution in [0.25, 0.3) is 0 Å². The number of tetrazole rings is 1. The zero-order chi connectivity index (χ0) is 23.8. The van der Waals surface area contributed by atoms with Crippen molar-refractivity contribution in [3.05, 3.63) is 58.8 Å². The Morgan fingerprint density at radius 2 is 1.68 bits per heavy atom. The van der Waals surface area contributed by atoms with Gasteiger partial charge in [0, 0.05) is 23.3 Å². The van der Waals surface area contributed by atoms with E-state index < -0.39 is 6.04 Å². The van der Waals surface area contributed by atoms with E-state index in [1.165, 1.54) is 0 Å². The van der Waals surface area contributed by atoms with E-state index in [0.717, 1.165) is 17.0 Å². The summed E-state index contributed by atoms with van der Waals surface area (Å²) in [4.78, 5) is 13.6. The van der Waals surface area contributed by atoms with Gasteiger partial charge in [0.1, 0.15) is 11.8 Å². The van der Waals surface area contributed by atoms with Gasteiger partial charge in [-0.1, -0.05) is 17.2 Å². The van der Waals surface area contributed by atoms with Gasteiger partial charge < -0.3 is 24.3 Å². The molecular formula is C24H25N5O5. The largest absolute Gasteiger partial charge is 0.497 e. The minimum absolute atomic E-state index is 0.0255. The van der Waals surface area contributed by atoms with Crippen molar-refractivity contribution in [1.82, 2.24) is 20.2 Å². The molecule has 1 aliphatic carbocycles. The SMILES string of the molecule is COc1ccc([C@@H]2CC(=O)C3=C(C2)Nc2nnnn2[C@H]3c2ccc(OC)c(OC)c2OC)cc1. The van der Waals surface area contributed by atoms with Crippen molar-refractivity contribution >= 4 is 11.7 Å². The van der Waals surface area contributed by atoms with Crippen molar-refractivity contribution in [2.45, 2.75) is 24.8 Å². The van der Waals surface area contributed by atoms with Gasteiger partial charge in [0.05, 0.1) is 28.4 Å². The molecular weight excluding hydrogens is 438 g/mol. The fourth-order valence-corrected chi connectivity index (χ4v) is 4.81. The molecule has 2 heterocycles. The number of carbonyl (C=O) groups is 1. The predicted molar refractivity (Wildman–Crippen MR) is 123 cm³/mol. The van der Waals surface area contributed by atoms with E-state index in [1.807, 2.05) is 30.3 Å². The number of nitrogens with zero attached hydrogens (tertiary/aromatic N) is 4. The molecule has 10 nitrogen and oxygen atoms in total. The highest BCUT2D eigenvalue weighted by molar-refractivity contribution is 6.00. The number of ketones is 1. The maximum Gasteiger partial charge on any atom is 0.248 e. The highest BCUT2D eigenvalue weighted by atomic mass is 16.5. The number of allylic oxidation sites excluding steroid dienone is 2. The zero-order valence-electron chi connectivity index (χ0n) is 19.4. The molecule has 5 rings (SSSR count). The first-order valence-electron chi connectivity index (χ1n) is 10.8. The van der Waals surface area contributed by atoms with Crippen LogP contribution in [0.1, 0.15) is 35.9 Å². The minimum atomic E-state index is -0.569. The van der Waals surface area contributed by atoms with Gasteiger partial charge >= 0.3 is 0 Å². The number of Topliss-reactive ketones (excluding diaryl/α,β-unsaturated/α-hetero) is 1. The molecule has 0 amide bonds. The second-order valence-corrected chi connectivity index (χ2v) is 8.09. The van der Waals surface area contributed by atoms with Crippen molar-refractivity contribution < 1.29 is 23.7 Å². The van der Waals surface area contributed by atoms with Crippen molar-refractivity contribution in [1.29, 1.82) is 0 Å². The summed E-state index contributed by atoms with van der Waals surface area (Å²) in [5.41, 5.74) is 3.21. The highest BCUT2D eigenvalue weighted by Gasteiger charge is 2.41. The van der Waals surface area contributed by atoms with Crippen molar-refractivity contribution in [3.63, 3.8) is 0 Å². The Balaban J connectivity index is 1.62. The average molecular weight is 463 g/mol. The number of aromatic nitrogens is 4. The van der Waals surface area contributed by atoms with E-state index in [1.54, 1.807) is 39.2 Å². The van der Waals surface area contributed by atoms with E-state index in [0.29, 0.717) is 47.2 Å². The normalized spacial score (nSPS) is 19.1. The molecule has 34 heavy (non-hydrogen) atoms. The molecule has 0 radical (unpaired) electrons. The summed E-state index contributed by atoms with van der Waals surface area (Å²) >= 11 is 0. The second kappa shape index (κ2) is 8.69. The van der Waals surface area contributed by atoms with Gasteiger partial charge in [-0.05, 0) is 52.6 Å². The number of nitrogens with one attached hydrogen (secondary N) is 1. The zero-order valence-corrected chi connectivity index (χ0v) is 19.4. The van der Waals surface area contributed by atoms with Crippen LogP contribution in [-0.4, -0.2) is 54.4 Å². The van der Waals surface area contributed by atoms with E-state index in [9.17, 15) is 4.79 Å². The third kappa shape index (κ3) is 3.42. The first-order chi connectivity index (χ1) is 16.6. The van der Waals surface area contributed by atoms with Crippen molar-refractivity contribution in [3.8, 4) is 23.0 Å². The molecule has 0 spiro atoms. The number of carbonyl (C=O) groups excluding carboxylic acids is 1. The summed E-state index contributed by atoms with van der Waals surface area (Å²) in [6.45, 7) is 0. The molecule has 2 aliphatic rings. The lowest BCUT2D eigenvalue weighted by atomic mass is 9.77. The van der Waals surface area contributed by atoms with E-state index in [4.69, 9.17) is 18.9 Å². The molecule has 1 aliphatic heterocycles. The Kier molecular flexibility index (Phi) is 5.56. The third-order valence-corrected chi connectivity index (χ3v) is 6.40. The number of methoxy groups -OCH3 is 4. The van der Waals surface area contributed by atoms with Gasteiger partial charge in [0.2, 0.25) is 11.7 Å². The van der Waals surface area contributed by atoms with Gasteiger partial charge in [-0.3, -0.25) is 4.79 Å². The highest BCUT2D eigenvalue weighted by Crippen LogP contribution is 2.49. The minimum Gasteiger partial charge on any atom is -0.497 e. The van der Waals surface area contributed by atoms with Crippen LogP contribution in [0.2, 0.25) is 0 Å². The Bertz CT molecular complexity index is 1270. The van der Waals surface area contributed by atoms with Gasteiger partial charge in [0.25, 0.3) is 0 Å². The number of anilines is 1. The number of benzene rings is 2. The van der Waals surface area contributed by atoms with E-state index in [-0.39, 0.29) is 11.7 Å². The Morgan fingerprint density at radius 3 is 2.35 bits per heavy atom. The van der Waals surface area contributed by atoms with E-state index >= 15 is 0 Å². The van der Waals surface area contributed by atoms with Crippen LogP contribution in [0, 0.1) is 0 Å². The smallest absolute Gasteiger partial charge is 0.248 e. The van der Waals surface area contributed by atoms with Crippen LogP contribution in [0.4, 0.5) is 5.95 Å². The van der Waals surface area contributed by atoms with Gasteiger partial charge in [-0.25, -0.2) is 0 Å². The van der Waals surface area contributed by atoms with Crippen LogP contribution < -0.4 is 24.3 Å². The monoisotopic (exact) mass is 463 g/mol. The molecule has 1 N–H and O–H groups in total. The fourth-order valence-electron chi connectivity index (χ4n) is 4.81. The quantitative estimate of drug-likeness (QED) is 0.589. The van der Waals surface area contributed by atoms with Crippen LogP contribution in [-0.2, 0) is 4.79 Å². The Labute approximate surface area is 196 Å². The second-order valence-electron chi connectivity index (χ2n) is 8.09. The molecule has 176 valence electrons. The summed E-state index contributed by atoms with van der Waals surface area (Å²) < 4.78 is 23.6. The van der Waals surface area contributed by atoms with Crippen molar-refractivity contribution in [2.75, 3.05) is 33.8 Å². The third-order valence-electron chi connectivity index (χ3n) is 6.40. The summed E-state index contributed by atoms with van der Waals surface area (Å²) in [6.07, 6.45) is 1.02. The molecule has 10 heteroatoms. The molecule has 0 unspecified atom stereocenters. The summed E-state index contributed by atoms with van der Waals surface area (Å²) in [7, 11) is 6.30. The first kappa shape index (κ1) is 21.7. The summed E-state index contributed by atoms with van der Waals surface area (Å²) in [5.74, 6) is 2.73. The lowest BCUT2D eigenvalue weighted by Crippen LogP contribution is -2.33. The lowest BCUT2D eigenvalue weighted by molar-refractivity contribution is -0.116. The Morgan fingerprint density at radius 1 is 0.912 bits per heavy atom. The van der Waals surface area contributed by atoms with Crippen LogP contribution in [0.5, 0.6) is 23.0 Å². The van der Waals surface area contributed by atoms with Gasteiger partial charge in [0.15, 0.2) is 17.3 Å². The first-order valence-corrected chi connectivity index (χ1v) is 10.8. The number of hydrogen-bond acceptors (Lipinski definition) is 9. The van der Waals surface area contributed by atoms with Crippen LogP contribution in [0.3, 0.4) is 0 Å². The maximum absolute atomic E-state index is 13.6. The van der Waals surface area contributed by atoms with Gasteiger partial charge in [-0.15, -0.1) is 0 Å². The molecule has 2 atom stereocenters. The summed E-state index contributed by atoms with van der Waals surface area (Å²) in [6, 6.07) is 10.9. The topological polar surface area (TPSA) is 110 Å². The van der Waals surface area contributed by atoms with E-state index in [2.05, 4.69) is 20.8 Å². The molecule has 1 aromatic heterocycles. The molecule has 0 saturated heterocycles. The predicted octanol–water partition coefficient (Wildman–Crippen LogP) is 3.12. The average Bonchev–Trinajstić information content (AvgIpc) is 3.34. The van der Waals surface area contributed by atoms with Crippen molar-refractivity contribution in [2.24, 2.45) is 0 Å². The molecule has 0 saturated carbocycles. The lowest BCUT2D eigenvalue weighted by Gasteiger charge is -2.35. The summed E-state index contributed by atoms with van der Waals surface area (Å²) in [5, 5.41) is 15.4. The number of rotatable bonds is 6. The number of fused-ring (bicyclic) bond motifs is 1. The number of ether oxygens (including phenoxy) is 4. The molecule has 0 bridgehead atoms. The number of hydrogen-bond donors (Lipinski definition) is 1. The van der Waals surface area contributed by atoms with Gasteiger partial charge in [-0.2, -0.15) is 4.68 Å². The standard InChI is InChI=1S/C24H25N5O5/c1-31-15-7-5-13(6-8-15)14-11-17-20(18(30)12-14)21(29-24(25-17)26-27-28-29)16-9-10-19(32-2)23(34-4)22(16)33-3/h5-10,14,21H,11-12H2,1-4H3,(H,25,26,28)/t14-,21-/m0/s1.